The second-order valence-corrected chi connectivity index (χ2v) is 8.38. The topological polar surface area (TPSA) is 100 Å². The quantitative estimate of drug-likeness (QED) is 0.458. The summed E-state index contributed by atoms with van der Waals surface area (Å²) in [5.41, 5.74) is -0.230. The first-order chi connectivity index (χ1) is 14.1. The van der Waals surface area contributed by atoms with Crippen LogP contribution in [0, 0.1) is 0 Å². The Morgan fingerprint density at radius 3 is 2.30 bits per heavy atom. The zero-order chi connectivity index (χ0) is 22.4. The van der Waals surface area contributed by atoms with Crippen molar-refractivity contribution in [1.29, 1.82) is 0 Å². The zero-order valence-corrected chi connectivity index (χ0v) is 19.2. The summed E-state index contributed by atoms with van der Waals surface area (Å²) in [6.07, 6.45) is 3.80. The van der Waals surface area contributed by atoms with E-state index in [1.807, 2.05) is 27.7 Å². The summed E-state index contributed by atoms with van der Waals surface area (Å²) >= 11 is 0. The van der Waals surface area contributed by atoms with Gasteiger partial charge in [-0.3, -0.25) is 0 Å². The highest BCUT2D eigenvalue weighted by Crippen LogP contribution is 2.38. The lowest BCUT2D eigenvalue weighted by molar-refractivity contribution is -0.00633. The molecule has 164 valence electrons. The van der Waals surface area contributed by atoms with E-state index in [1.54, 1.807) is 25.3 Å². The minimum atomic E-state index is -2.82. The third-order valence-electron chi connectivity index (χ3n) is 4.92. The van der Waals surface area contributed by atoms with E-state index in [0.717, 1.165) is 24.8 Å². The molecule has 8 nitrogen and oxygen atoms in total. The second kappa shape index (κ2) is 10.2. The molecule has 0 aliphatic heterocycles. The standard InChI is InChI=1S/C21H29N2O6P/c1-7-9-21(5,26-6)15-10-16(12-17(11-15)29-30(24)25)27-18-13-19(23-14-22-18)28-20(3,4)8-2/h10-14H,7-9H2,1-6H3/p+1. The number of methoxy groups -OCH3 is 1. The van der Waals surface area contributed by atoms with Gasteiger partial charge in [-0.05, 0) is 51.3 Å². The molecule has 0 aliphatic rings. The van der Waals surface area contributed by atoms with Crippen LogP contribution in [0.4, 0.5) is 0 Å². The van der Waals surface area contributed by atoms with E-state index in [1.165, 1.54) is 12.4 Å². The molecule has 0 bridgehead atoms. The van der Waals surface area contributed by atoms with Crippen molar-refractivity contribution in [2.24, 2.45) is 0 Å². The molecule has 2 aromatic rings. The molecule has 1 heterocycles. The highest BCUT2D eigenvalue weighted by molar-refractivity contribution is 7.32. The highest BCUT2D eigenvalue weighted by atomic mass is 31.1. The van der Waals surface area contributed by atoms with E-state index < -0.39 is 13.9 Å². The van der Waals surface area contributed by atoms with Gasteiger partial charge in [0, 0.05) is 17.7 Å². The third-order valence-corrected chi connectivity index (χ3v) is 5.29. The number of aromatic nitrogens is 2. The zero-order valence-electron chi connectivity index (χ0n) is 18.3. The first kappa shape index (κ1) is 24.0. The van der Waals surface area contributed by atoms with Crippen LogP contribution in [-0.4, -0.2) is 27.6 Å². The Bertz CT molecular complexity index is 876. The van der Waals surface area contributed by atoms with Gasteiger partial charge in [0.1, 0.15) is 17.7 Å². The smallest absolute Gasteiger partial charge is 0.471 e. The van der Waals surface area contributed by atoms with E-state index in [-0.39, 0.29) is 17.2 Å². The fourth-order valence-electron chi connectivity index (χ4n) is 2.83. The maximum atomic E-state index is 11.2. The molecule has 30 heavy (non-hydrogen) atoms. The van der Waals surface area contributed by atoms with Crippen molar-refractivity contribution in [2.45, 2.75) is 65.1 Å². The van der Waals surface area contributed by atoms with Crippen molar-refractivity contribution >= 4 is 8.25 Å². The molecule has 2 rings (SSSR count). The van der Waals surface area contributed by atoms with Crippen molar-refractivity contribution < 1.29 is 28.2 Å². The Labute approximate surface area is 178 Å². The van der Waals surface area contributed by atoms with Gasteiger partial charge in [-0.2, -0.15) is 0 Å². The number of rotatable bonds is 11. The lowest BCUT2D eigenvalue weighted by Crippen LogP contribution is -2.27. The fraction of sp³-hybridized carbons (Fsp3) is 0.524. The van der Waals surface area contributed by atoms with Crippen molar-refractivity contribution in [3.8, 4) is 23.3 Å². The minimum absolute atomic E-state index is 0.197. The Balaban J connectivity index is 2.39. The molecule has 2 unspecified atom stereocenters. The number of hydrogen-bond acceptors (Lipinski definition) is 7. The lowest BCUT2D eigenvalue weighted by Gasteiger charge is -2.28. The van der Waals surface area contributed by atoms with Crippen molar-refractivity contribution in [2.75, 3.05) is 7.11 Å². The lowest BCUT2D eigenvalue weighted by atomic mass is 9.90. The molecule has 1 N–H and O–H groups in total. The molecule has 0 saturated carbocycles. The molecular weight excluding hydrogens is 407 g/mol. The van der Waals surface area contributed by atoms with Gasteiger partial charge in [-0.25, -0.2) is 14.5 Å². The third kappa shape index (κ3) is 6.62. The Morgan fingerprint density at radius 1 is 1.03 bits per heavy atom. The summed E-state index contributed by atoms with van der Waals surface area (Å²) in [5, 5.41) is 0. The SMILES string of the molecule is CCCC(C)(OC)c1cc(Oc2cc(OC(C)(C)CC)ncn2)cc(O[P+](=O)O)c1. The second-order valence-electron chi connectivity index (χ2n) is 7.72. The normalized spacial score (nSPS) is 14.0. The van der Waals surface area contributed by atoms with Crippen LogP contribution in [-0.2, 0) is 14.9 Å². The molecular formula is C21H30N2O6P+. The number of hydrogen-bond donors (Lipinski definition) is 1. The average molecular weight is 437 g/mol. The van der Waals surface area contributed by atoms with Crippen LogP contribution in [0.1, 0.15) is 59.4 Å². The van der Waals surface area contributed by atoms with Crippen LogP contribution in [0.15, 0.2) is 30.6 Å². The molecule has 9 heteroatoms. The van der Waals surface area contributed by atoms with Gasteiger partial charge in [0.2, 0.25) is 11.8 Å². The summed E-state index contributed by atoms with van der Waals surface area (Å²) < 4.78 is 33.8. The Kier molecular flexibility index (Phi) is 8.12. The van der Waals surface area contributed by atoms with Crippen LogP contribution < -0.4 is 14.0 Å². The molecule has 1 aromatic carbocycles. The monoisotopic (exact) mass is 437 g/mol. The molecule has 2 atom stereocenters. The molecule has 0 saturated heterocycles. The van der Waals surface area contributed by atoms with Gasteiger partial charge < -0.3 is 14.2 Å². The van der Waals surface area contributed by atoms with Crippen LogP contribution >= 0.6 is 8.25 Å². The first-order valence-corrected chi connectivity index (χ1v) is 11.0. The van der Waals surface area contributed by atoms with Crippen molar-refractivity contribution in [3.05, 3.63) is 36.2 Å². The van der Waals surface area contributed by atoms with E-state index >= 15 is 0 Å². The number of nitrogens with zero attached hydrogens (tertiary/aromatic N) is 2. The van der Waals surface area contributed by atoms with E-state index in [2.05, 4.69) is 16.9 Å². The van der Waals surface area contributed by atoms with E-state index in [4.69, 9.17) is 18.7 Å². The largest absolute Gasteiger partial charge is 0.747 e. The first-order valence-electron chi connectivity index (χ1n) is 9.84. The van der Waals surface area contributed by atoms with Gasteiger partial charge in [0.15, 0.2) is 5.75 Å². The molecule has 0 fully saturated rings. The Hall–Kier alpha value is -2.28. The summed E-state index contributed by atoms with van der Waals surface area (Å²) in [6.45, 7) is 9.97. The Morgan fingerprint density at radius 2 is 1.70 bits per heavy atom. The predicted molar refractivity (Wildman–Crippen MR) is 113 cm³/mol. The summed E-state index contributed by atoms with van der Waals surface area (Å²) in [5.74, 6) is 1.25. The van der Waals surface area contributed by atoms with E-state index in [0.29, 0.717) is 11.6 Å². The molecule has 0 aliphatic carbocycles. The molecule has 0 spiro atoms. The summed E-state index contributed by atoms with van der Waals surface area (Å²) in [7, 11) is -1.20. The highest BCUT2D eigenvalue weighted by Gasteiger charge is 2.28. The van der Waals surface area contributed by atoms with Crippen LogP contribution in [0.25, 0.3) is 0 Å². The number of ether oxygens (including phenoxy) is 3. The summed E-state index contributed by atoms with van der Waals surface area (Å²) in [4.78, 5) is 17.5. The minimum Gasteiger partial charge on any atom is -0.471 e. The predicted octanol–water partition coefficient (Wildman–Crippen LogP) is 5.53. The average Bonchev–Trinajstić information content (AvgIpc) is 2.67. The van der Waals surface area contributed by atoms with Gasteiger partial charge in [0.25, 0.3) is 0 Å². The van der Waals surface area contributed by atoms with E-state index in [9.17, 15) is 9.46 Å². The van der Waals surface area contributed by atoms with Crippen molar-refractivity contribution in [1.82, 2.24) is 9.97 Å². The molecule has 1 aromatic heterocycles. The fourth-order valence-corrected chi connectivity index (χ4v) is 3.12. The molecule has 0 radical (unpaired) electrons. The van der Waals surface area contributed by atoms with Crippen LogP contribution in [0.2, 0.25) is 0 Å². The number of benzene rings is 1. The van der Waals surface area contributed by atoms with Crippen molar-refractivity contribution in [3.63, 3.8) is 0 Å². The van der Waals surface area contributed by atoms with Gasteiger partial charge in [0.05, 0.1) is 11.7 Å². The maximum Gasteiger partial charge on any atom is 0.747 e. The maximum absolute atomic E-state index is 11.2. The van der Waals surface area contributed by atoms with Gasteiger partial charge in [-0.1, -0.05) is 20.3 Å². The van der Waals surface area contributed by atoms with Gasteiger partial charge >= 0.3 is 8.25 Å². The van der Waals surface area contributed by atoms with Crippen LogP contribution in [0.5, 0.6) is 23.3 Å². The summed E-state index contributed by atoms with van der Waals surface area (Å²) in [6, 6.07) is 6.59. The van der Waals surface area contributed by atoms with Crippen LogP contribution in [0.3, 0.4) is 0 Å². The van der Waals surface area contributed by atoms with Gasteiger partial charge in [-0.15, -0.1) is 4.89 Å². The molecule has 0 amide bonds.